The van der Waals surface area contributed by atoms with Gasteiger partial charge in [0, 0.05) is 25.1 Å². The van der Waals surface area contributed by atoms with Crippen molar-refractivity contribution in [3.63, 3.8) is 0 Å². The molecule has 2 aromatic carbocycles. The summed E-state index contributed by atoms with van der Waals surface area (Å²) >= 11 is 0. The maximum atomic E-state index is 12.4. The van der Waals surface area contributed by atoms with Gasteiger partial charge in [0.25, 0.3) is 5.91 Å². The summed E-state index contributed by atoms with van der Waals surface area (Å²) in [6, 6.07) is 16.3. The highest BCUT2D eigenvalue weighted by molar-refractivity contribution is 5.97. The zero-order chi connectivity index (χ0) is 17.9. The van der Waals surface area contributed by atoms with E-state index in [1.807, 2.05) is 36.4 Å². The van der Waals surface area contributed by atoms with Crippen molar-refractivity contribution in [3.05, 3.63) is 65.5 Å². The minimum atomic E-state index is -0.0145. The molecule has 1 aliphatic heterocycles. The van der Waals surface area contributed by atoms with E-state index in [2.05, 4.69) is 28.9 Å². The molecule has 134 valence electrons. The predicted molar refractivity (Wildman–Crippen MR) is 104 cm³/mol. The number of amides is 1. The van der Waals surface area contributed by atoms with Crippen molar-refractivity contribution in [3.8, 4) is 0 Å². The van der Waals surface area contributed by atoms with Crippen LogP contribution in [-0.2, 0) is 19.4 Å². The second-order valence-electron chi connectivity index (χ2n) is 7.33. The van der Waals surface area contributed by atoms with Gasteiger partial charge in [-0.15, -0.1) is 0 Å². The highest BCUT2D eigenvalue weighted by atomic mass is 16.1. The fourth-order valence-electron chi connectivity index (χ4n) is 3.73. The number of nitrogens with one attached hydrogen (secondary N) is 1. The molecule has 1 amide bonds. The molecule has 4 rings (SSSR count). The zero-order valence-electron chi connectivity index (χ0n) is 15.2. The third-order valence-corrected chi connectivity index (χ3v) is 5.24. The molecule has 1 N–H and O–H groups in total. The molecule has 0 radical (unpaired) electrons. The molecule has 0 saturated heterocycles. The predicted octanol–water partition coefficient (Wildman–Crippen LogP) is 3.98. The molecule has 0 unspecified atom stereocenters. The van der Waals surface area contributed by atoms with E-state index in [9.17, 15) is 4.79 Å². The van der Waals surface area contributed by atoms with Crippen molar-refractivity contribution in [1.82, 2.24) is 14.9 Å². The molecule has 4 nitrogen and oxygen atoms in total. The lowest BCUT2D eigenvalue weighted by Crippen LogP contribution is -2.24. The summed E-state index contributed by atoms with van der Waals surface area (Å²) in [6.45, 7) is 3.98. The molecular weight excluding hydrogens is 322 g/mol. The van der Waals surface area contributed by atoms with Crippen LogP contribution in [0.25, 0.3) is 11.0 Å². The number of nitrogens with zero attached hydrogens (tertiary/aromatic N) is 2. The smallest absolute Gasteiger partial charge is 0.251 e. The fraction of sp³-hybridized carbons (Fsp3) is 0.364. The second-order valence-corrected chi connectivity index (χ2v) is 7.33. The lowest BCUT2D eigenvalue weighted by molar-refractivity contribution is 0.0953. The van der Waals surface area contributed by atoms with E-state index in [4.69, 9.17) is 4.98 Å². The van der Waals surface area contributed by atoms with Gasteiger partial charge >= 0.3 is 0 Å². The first-order valence-corrected chi connectivity index (χ1v) is 9.52. The molecule has 4 heteroatoms. The van der Waals surface area contributed by atoms with Crippen molar-refractivity contribution in [2.24, 2.45) is 5.92 Å². The first kappa shape index (κ1) is 16.8. The molecule has 1 aromatic heterocycles. The Kier molecular flexibility index (Phi) is 4.74. The number of carbonyl (C=O) groups excluding carboxylic acids is 1. The van der Waals surface area contributed by atoms with Crippen molar-refractivity contribution >= 4 is 16.9 Å². The summed E-state index contributed by atoms with van der Waals surface area (Å²) in [5, 5.41) is 3.03. The Bertz CT molecular complexity index is 914. The topological polar surface area (TPSA) is 46.9 Å². The van der Waals surface area contributed by atoms with Gasteiger partial charge in [-0.05, 0) is 48.9 Å². The van der Waals surface area contributed by atoms with Gasteiger partial charge in [-0.2, -0.15) is 0 Å². The number of benzene rings is 2. The van der Waals surface area contributed by atoms with Crippen LogP contribution in [0.3, 0.4) is 0 Å². The van der Waals surface area contributed by atoms with E-state index in [0.717, 1.165) is 42.7 Å². The first-order chi connectivity index (χ1) is 12.7. The standard InChI is InChI=1S/C22H25N3O/c1-16-11-13-25-20-10-9-18(15-19(20)24-21(25)14-16)22(26)23-12-5-8-17-6-3-2-4-7-17/h2-4,6-7,9-10,15-16H,5,8,11-14H2,1H3,(H,23,26)/t16-/m0/s1. The number of aromatic nitrogens is 2. The Balaban J connectivity index is 1.39. The highest BCUT2D eigenvalue weighted by Gasteiger charge is 2.19. The lowest BCUT2D eigenvalue weighted by atomic mass is 10.0. The Morgan fingerprint density at radius 2 is 2.08 bits per heavy atom. The number of rotatable bonds is 5. The average molecular weight is 347 g/mol. The van der Waals surface area contributed by atoms with Crippen molar-refractivity contribution in [2.45, 2.75) is 39.2 Å². The fourth-order valence-corrected chi connectivity index (χ4v) is 3.73. The second kappa shape index (κ2) is 7.32. The number of carbonyl (C=O) groups is 1. The van der Waals surface area contributed by atoms with E-state index in [1.54, 1.807) is 0 Å². The van der Waals surface area contributed by atoms with Gasteiger partial charge < -0.3 is 9.88 Å². The van der Waals surface area contributed by atoms with E-state index in [-0.39, 0.29) is 5.91 Å². The molecule has 3 aromatic rings. The summed E-state index contributed by atoms with van der Waals surface area (Å²) in [6.07, 6.45) is 4.14. The number of imidazole rings is 1. The van der Waals surface area contributed by atoms with Crippen LogP contribution in [0.1, 0.15) is 41.5 Å². The van der Waals surface area contributed by atoms with Crippen molar-refractivity contribution in [2.75, 3.05) is 6.54 Å². The van der Waals surface area contributed by atoms with Gasteiger partial charge in [0.2, 0.25) is 0 Å². The lowest BCUT2D eigenvalue weighted by Gasteiger charge is -2.19. The normalized spacial score (nSPS) is 16.4. The molecule has 2 heterocycles. The maximum absolute atomic E-state index is 12.4. The van der Waals surface area contributed by atoms with Gasteiger partial charge in [0.15, 0.2) is 0 Å². The van der Waals surface area contributed by atoms with Crippen LogP contribution in [0.5, 0.6) is 0 Å². The van der Waals surface area contributed by atoms with Crippen LogP contribution in [0, 0.1) is 5.92 Å². The summed E-state index contributed by atoms with van der Waals surface area (Å²) < 4.78 is 2.30. The van der Waals surface area contributed by atoms with E-state index in [1.165, 1.54) is 12.0 Å². The molecular formula is C22H25N3O. The molecule has 26 heavy (non-hydrogen) atoms. The third kappa shape index (κ3) is 3.50. The van der Waals surface area contributed by atoms with Crippen LogP contribution in [0.4, 0.5) is 0 Å². The Morgan fingerprint density at radius 3 is 2.92 bits per heavy atom. The molecule has 1 atom stereocenters. The largest absolute Gasteiger partial charge is 0.352 e. The summed E-state index contributed by atoms with van der Waals surface area (Å²) in [5.41, 5.74) is 4.08. The third-order valence-electron chi connectivity index (χ3n) is 5.24. The van der Waals surface area contributed by atoms with Gasteiger partial charge in [0.1, 0.15) is 5.82 Å². The Hall–Kier alpha value is -2.62. The van der Waals surface area contributed by atoms with E-state index < -0.39 is 0 Å². The van der Waals surface area contributed by atoms with Crippen LogP contribution in [0.15, 0.2) is 48.5 Å². The Labute approximate surface area is 154 Å². The monoisotopic (exact) mass is 347 g/mol. The maximum Gasteiger partial charge on any atom is 0.251 e. The minimum absolute atomic E-state index is 0.0145. The van der Waals surface area contributed by atoms with Crippen LogP contribution in [0.2, 0.25) is 0 Å². The van der Waals surface area contributed by atoms with E-state index in [0.29, 0.717) is 18.0 Å². The van der Waals surface area contributed by atoms with Gasteiger partial charge in [-0.25, -0.2) is 4.98 Å². The Morgan fingerprint density at radius 1 is 1.23 bits per heavy atom. The number of hydrogen-bond acceptors (Lipinski definition) is 2. The van der Waals surface area contributed by atoms with Crippen molar-refractivity contribution < 1.29 is 4.79 Å². The number of fused-ring (bicyclic) bond motifs is 3. The van der Waals surface area contributed by atoms with Gasteiger partial charge in [-0.3, -0.25) is 4.79 Å². The number of aryl methyl sites for hydroxylation is 2. The number of hydrogen-bond donors (Lipinski definition) is 1. The molecule has 0 fully saturated rings. The quantitative estimate of drug-likeness (QED) is 0.710. The summed E-state index contributed by atoms with van der Waals surface area (Å²) in [7, 11) is 0. The highest BCUT2D eigenvalue weighted by Crippen LogP contribution is 2.25. The van der Waals surface area contributed by atoms with Crippen LogP contribution >= 0.6 is 0 Å². The van der Waals surface area contributed by atoms with Crippen LogP contribution in [-0.4, -0.2) is 22.0 Å². The summed E-state index contributed by atoms with van der Waals surface area (Å²) in [4.78, 5) is 17.2. The van der Waals surface area contributed by atoms with E-state index >= 15 is 0 Å². The first-order valence-electron chi connectivity index (χ1n) is 9.52. The summed E-state index contributed by atoms with van der Waals surface area (Å²) in [5.74, 6) is 1.82. The molecule has 0 spiro atoms. The van der Waals surface area contributed by atoms with Crippen LogP contribution < -0.4 is 5.32 Å². The average Bonchev–Trinajstić information content (AvgIpc) is 3.02. The SMILES string of the molecule is C[C@H]1CCn2c(nc3cc(C(=O)NCCCc4ccccc4)ccc32)C1. The van der Waals surface area contributed by atoms with Crippen molar-refractivity contribution in [1.29, 1.82) is 0 Å². The minimum Gasteiger partial charge on any atom is -0.352 e. The zero-order valence-corrected chi connectivity index (χ0v) is 15.2. The molecule has 0 bridgehead atoms. The van der Waals surface area contributed by atoms with Gasteiger partial charge in [0.05, 0.1) is 11.0 Å². The van der Waals surface area contributed by atoms with Gasteiger partial charge in [-0.1, -0.05) is 37.3 Å². The molecule has 1 aliphatic rings. The molecule has 0 aliphatic carbocycles. The molecule has 0 saturated carbocycles.